The van der Waals surface area contributed by atoms with Crippen molar-refractivity contribution in [1.29, 1.82) is 0 Å². The molecular formula is C16H19N3O. The van der Waals surface area contributed by atoms with E-state index < -0.39 is 0 Å². The first kappa shape index (κ1) is 12.1. The Balaban J connectivity index is 1.58. The van der Waals surface area contributed by atoms with E-state index in [-0.39, 0.29) is 0 Å². The number of aromatic nitrogens is 2. The van der Waals surface area contributed by atoms with E-state index in [1.807, 2.05) is 30.5 Å². The van der Waals surface area contributed by atoms with Crippen molar-refractivity contribution in [2.45, 2.75) is 31.9 Å². The fraction of sp³-hybridized carbons (Fsp3) is 0.500. The van der Waals surface area contributed by atoms with Gasteiger partial charge < -0.3 is 10.1 Å². The van der Waals surface area contributed by atoms with E-state index in [0.717, 1.165) is 29.9 Å². The number of hydrogen-bond acceptors (Lipinski definition) is 4. The van der Waals surface area contributed by atoms with Gasteiger partial charge in [0.2, 0.25) is 0 Å². The molecule has 1 N–H and O–H groups in total. The molecule has 104 valence electrons. The average Bonchev–Trinajstić information content (AvgIpc) is 2.89. The van der Waals surface area contributed by atoms with E-state index in [4.69, 9.17) is 4.74 Å². The van der Waals surface area contributed by atoms with Crippen LogP contribution in [0.3, 0.4) is 0 Å². The second-order valence-electron chi connectivity index (χ2n) is 5.77. The van der Waals surface area contributed by atoms with E-state index in [2.05, 4.69) is 22.2 Å². The highest BCUT2D eigenvalue weighted by Crippen LogP contribution is 2.46. The molecule has 4 atom stereocenters. The Morgan fingerprint density at radius 3 is 3.00 bits per heavy atom. The third kappa shape index (κ3) is 1.79. The van der Waals surface area contributed by atoms with E-state index >= 15 is 0 Å². The lowest BCUT2D eigenvalue weighted by atomic mass is 9.66. The summed E-state index contributed by atoms with van der Waals surface area (Å²) in [6, 6.07) is 8.48. The molecule has 0 radical (unpaired) electrons. The first-order chi connectivity index (χ1) is 9.86. The summed E-state index contributed by atoms with van der Waals surface area (Å²) in [7, 11) is 0. The number of ether oxygens (including phenoxy) is 1. The van der Waals surface area contributed by atoms with Crippen molar-refractivity contribution in [3.63, 3.8) is 0 Å². The third-order valence-electron chi connectivity index (χ3n) is 4.76. The Labute approximate surface area is 118 Å². The summed E-state index contributed by atoms with van der Waals surface area (Å²) in [5.41, 5.74) is 1.89. The van der Waals surface area contributed by atoms with Crippen molar-refractivity contribution >= 4 is 16.9 Å². The highest BCUT2D eigenvalue weighted by Gasteiger charge is 2.52. The highest BCUT2D eigenvalue weighted by atomic mass is 16.5. The Bertz CT molecular complexity index is 630. The number of benzene rings is 1. The maximum Gasteiger partial charge on any atom is 0.145 e. The van der Waals surface area contributed by atoms with Gasteiger partial charge in [-0.3, -0.25) is 4.98 Å². The van der Waals surface area contributed by atoms with Crippen LogP contribution in [0, 0.1) is 11.8 Å². The number of fused-ring (bicyclic) bond motifs is 2. The van der Waals surface area contributed by atoms with E-state index in [9.17, 15) is 0 Å². The highest BCUT2D eigenvalue weighted by molar-refractivity contribution is 5.75. The van der Waals surface area contributed by atoms with Crippen LogP contribution in [0.5, 0.6) is 0 Å². The maximum absolute atomic E-state index is 5.82. The smallest absolute Gasteiger partial charge is 0.145 e. The number of hydrogen-bond donors (Lipinski definition) is 1. The van der Waals surface area contributed by atoms with Gasteiger partial charge >= 0.3 is 0 Å². The number of nitrogens with one attached hydrogen (secondary N) is 1. The van der Waals surface area contributed by atoms with E-state index in [1.165, 1.54) is 6.42 Å². The molecule has 1 saturated carbocycles. The monoisotopic (exact) mass is 269 g/mol. The summed E-state index contributed by atoms with van der Waals surface area (Å²) < 4.78 is 5.82. The van der Waals surface area contributed by atoms with Gasteiger partial charge in [-0.15, -0.1) is 0 Å². The van der Waals surface area contributed by atoms with Crippen LogP contribution in [0.4, 0.5) is 5.82 Å². The molecule has 1 saturated heterocycles. The van der Waals surface area contributed by atoms with Crippen molar-refractivity contribution in [2.75, 3.05) is 11.9 Å². The lowest BCUT2D eigenvalue weighted by Crippen LogP contribution is -2.56. The van der Waals surface area contributed by atoms with Gasteiger partial charge in [0.1, 0.15) is 5.82 Å². The normalized spacial score (nSPS) is 31.9. The van der Waals surface area contributed by atoms with Gasteiger partial charge in [-0.2, -0.15) is 0 Å². The van der Waals surface area contributed by atoms with Crippen LogP contribution >= 0.6 is 0 Å². The molecule has 2 aliphatic rings. The van der Waals surface area contributed by atoms with Gasteiger partial charge in [0.05, 0.1) is 23.3 Å². The first-order valence-electron chi connectivity index (χ1n) is 7.47. The molecule has 4 nitrogen and oxygen atoms in total. The molecule has 0 spiro atoms. The van der Waals surface area contributed by atoms with Crippen molar-refractivity contribution in [3.05, 3.63) is 30.5 Å². The van der Waals surface area contributed by atoms with Crippen LogP contribution < -0.4 is 5.32 Å². The van der Waals surface area contributed by atoms with Crippen LogP contribution in [0.1, 0.15) is 19.8 Å². The van der Waals surface area contributed by atoms with Crippen LogP contribution in [0.2, 0.25) is 0 Å². The van der Waals surface area contributed by atoms with Crippen LogP contribution in [0.15, 0.2) is 30.5 Å². The molecule has 1 aromatic carbocycles. The zero-order valence-electron chi connectivity index (χ0n) is 11.6. The van der Waals surface area contributed by atoms with Crippen molar-refractivity contribution in [2.24, 2.45) is 11.8 Å². The van der Waals surface area contributed by atoms with E-state index in [0.29, 0.717) is 24.0 Å². The molecule has 2 heterocycles. The van der Waals surface area contributed by atoms with Gasteiger partial charge in [-0.25, -0.2) is 4.98 Å². The SMILES string of the molecule is CC[C@@H]1[C@@H](Nc2cnc3ccccc3n2)[C@@H]2CCO[C@H]12. The summed E-state index contributed by atoms with van der Waals surface area (Å²) in [4.78, 5) is 9.14. The number of nitrogens with zero attached hydrogens (tertiary/aromatic N) is 2. The van der Waals surface area contributed by atoms with Crippen molar-refractivity contribution < 1.29 is 4.74 Å². The first-order valence-corrected chi connectivity index (χ1v) is 7.47. The summed E-state index contributed by atoms with van der Waals surface area (Å²) in [5.74, 6) is 2.14. The summed E-state index contributed by atoms with van der Waals surface area (Å²) in [6.45, 7) is 3.15. The zero-order chi connectivity index (χ0) is 13.5. The van der Waals surface area contributed by atoms with Gasteiger partial charge in [0, 0.05) is 24.5 Å². The Morgan fingerprint density at radius 2 is 2.15 bits per heavy atom. The second-order valence-corrected chi connectivity index (χ2v) is 5.77. The van der Waals surface area contributed by atoms with Crippen molar-refractivity contribution in [3.8, 4) is 0 Å². The third-order valence-corrected chi connectivity index (χ3v) is 4.76. The minimum absolute atomic E-state index is 0.464. The minimum atomic E-state index is 0.464. The van der Waals surface area contributed by atoms with Crippen LogP contribution in [0.25, 0.3) is 11.0 Å². The zero-order valence-corrected chi connectivity index (χ0v) is 11.6. The van der Waals surface area contributed by atoms with Crippen LogP contribution in [-0.2, 0) is 4.74 Å². The lowest BCUT2D eigenvalue weighted by molar-refractivity contribution is -0.0382. The summed E-state index contributed by atoms with van der Waals surface area (Å²) >= 11 is 0. The predicted molar refractivity (Wildman–Crippen MR) is 78.6 cm³/mol. The fourth-order valence-corrected chi connectivity index (χ4v) is 3.73. The number of para-hydroxylation sites is 2. The molecule has 1 aromatic heterocycles. The fourth-order valence-electron chi connectivity index (χ4n) is 3.73. The van der Waals surface area contributed by atoms with Gasteiger partial charge in [0.25, 0.3) is 0 Å². The largest absolute Gasteiger partial charge is 0.377 e. The minimum Gasteiger partial charge on any atom is -0.377 e. The molecule has 1 aliphatic heterocycles. The molecule has 1 aliphatic carbocycles. The van der Waals surface area contributed by atoms with Crippen molar-refractivity contribution in [1.82, 2.24) is 9.97 Å². The number of anilines is 1. The standard InChI is InChI=1S/C16H19N3O/c1-2-10-15(11-7-8-20-16(10)11)19-14-9-17-12-5-3-4-6-13(12)18-14/h3-6,9-11,15-16H,2,7-8H2,1H3,(H,18,19)/t10-,11+,15-,16-/m1/s1. The molecule has 4 heteroatoms. The molecule has 0 unspecified atom stereocenters. The quantitative estimate of drug-likeness (QED) is 0.930. The summed E-state index contributed by atoms with van der Waals surface area (Å²) in [6.07, 6.45) is 4.63. The lowest BCUT2D eigenvalue weighted by Gasteiger charge is -2.47. The molecular weight excluding hydrogens is 250 g/mol. The van der Waals surface area contributed by atoms with E-state index in [1.54, 1.807) is 0 Å². The van der Waals surface area contributed by atoms with Gasteiger partial charge in [-0.1, -0.05) is 19.1 Å². The molecule has 4 rings (SSSR count). The molecule has 0 amide bonds. The molecule has 20 heavy (non-hydrogen) atoms. The van der Waals surface area contributed by atoms with Gasteiger partial charge in [0.15, 0.2) is 0 Å². The predicted octanol–water partition coefficient (Wildman–Crippen LogP) is 2.86. The Morgan fingerprint density at radius 1 is 1.30 bits per heavy atom. The Hall–Kier alpha value is -1.68. The molecule has 2 aromatic rings. The van der Waals surface area contributed by atoms with Crippen LogP contribution in [-0.4, -0.2) is 28.7 Å². The average molecular weight is 269 g/mol. The summed E-state index contributed by atoms with van der Waals surface area (Å²) in [5, 5.41) is 3.59. The topological polar surface area (TPSA) is 47.0 Å². The van der Waals surface area contributed by atoms with Gasteiger partial charge in [-0.05, 0) is 25.0 Å². The number of rotatable bonds is 3. The molecule has 0 bridgehead atoms. The second kappa shape index (κ2) is 4.70. The Kier molecular flexibility index (Phi) is 2.84. The maximum atomic E-state index is 5.82. The molecule has 2 fully saturated rings.